The highest BCUT2D eigenvalue weighted by Crippen LogP contribution is 2.31. The average Bonchev–Trinajstić information content (AvgIpc) is 3.03. The number of thioether (sulfide) groups is 1. The van der Waals surface area contributed by atoms with Crippen molar-refractivity contribution in [3.05, 3.63) is 24.3 Å². The van der Waals surface area contributed by atoms with Gasteiger partial charge in [0.25, 0.3) is 5.76 Å². The van der Waals surface area contributed by atoms with E-state index in [1.165, 1.54) is 0 Å². The number of anilines is 1. The number of amides is 1. The molecule has 0 atom stereocenters. The van der Waals surface area contributed by atoms with Gasteiger partial charge >= 0.3 is 0 Å². The molecule has 1 aromatic rings. The van der Waals surface area contributed by atoms with E-state index in [0.29, 0.717) is 22.3 Å². The van der Waals surface area contributed by atoms with Crippen molar-refractivity contribution in [2.45, 2.75) is 23.5 Å². The van der Waals surface area contributed by atoms with E-state index in [1.54, 1.807) is 24.3 Å². The topological polar surface area (TPSA) is 29.1 Å². The first-order valence-corrected chi connectivity index (χ1v) is 5.89. The van der Waals surface area contributed by atoms with Crippen LogP contribution in [-0.4, -0.2) is 11.7 Å². The molecule has 0 radical (unpaired) electrons. The maximum absolute atomic E-state index is 12.0. The summed E-state index contributed by atoms with van der Waals surface area (Å²) in [6.07, 6.45) is 1.90. The molecule has 86 valence electrons. The fourth-order valence-electron chi connectivity index (χ4n) is 1.31. The number of carbonyl (C=O) groups is 1. The molecule has 0 aromatic heterocycles. The number of benzene rings is 1. The fourth-order valence-corrected chi connectivity index (χ4v) is 1.81. The Kier molecular flexibility index (Phi) is 3.43. The molecule has 0 saturated heterocycles. The van der Waals surface area contributed by atoms with Crippen LogP contribution in [0.1, 0.15) is 12.8 Å². The summed E-state index contributed by atoms with van der Waals surface area (Å²) in [7, 11) is 0. The predicted octanol–water partition coefficient (Wildman–Crippen LogP) is 3.35. The van der Waals surface area contributed by atoms with Gasteiger partial charge in [-0.3, -0.25) is 4.79 Å². The van der Waals surface area contributed by atoms with E-state index in [1.807, 2.05) is 0 Å². The Morgan fingerprint density at radius 2 is 1.94 bits per heavy atom. The highest BCUT2D eigenvalue weighted by atomic mass is 32.2. The molecule has 0 aliphatic heterocycles. The first kappa shape index (κ1) is 11.4. The van der Waals surface area contributed by atoms with Gasteiger partial charge in [0.15, 0.2) is 0 Å². The molecule has 0 heterocycles. The minimum absolute atomic E-state index is 0.0225. The summed E-state index contributed by atoms with van der Waals surface area (Å²) >= 11 is 0.499. The molecule has 1 aliphatic carbocycles. The molecule has 1 aliphatic rings. The lowest BCUT2D eigenvalue weighted by molar-refractivity contribution is -0.117. The predicted molar refractivity (Wildman–Crippen MR) is 59.7 cm³/mol. The number of nitrogens with one attached hydrogen (secondary N) is 1. The van der Waals surface area contributed by atoms with Crippen molar-refractivity contribution in [2.24, 2.45) is 5.92 Å². The van der Waals surface area contributed by atoms with Crippen LogP contribution in [0.5, 0.6) is 0 Å². The van der Waals surface area contributed by atoms with Crippen molar-refractivity contribution in [1.29, 1.82) is 0 Å². The van der Waals surface area contributed by atoms with Crippen LogP contribution >= 0.6 is 11.8 Å². The van der Waals surface area contributed by atoms with Crippen molar-refractivity contribution in [3.63, 3.8) is 0 Å². The maximum atomic E-state index is 12.0. The van der Waals surface area contributed by atoms with Crippen LogP contribution in [0.25, 0.3) is 0 Å². The van der Waals surface area contributed by atoms with Crippen molar-refractivity contribution >= 4 is 23.4 Å². The summed E-state index contributed by atoms with van der Waals surface area (Å²) in [6.45, 7) is 0. The lowest BCUT2D eigenvalue weighted by atomic mass is 10.3. The SMILES string of the molecule is O=C(Nc1ccc(SC(F)F)cc1)C1CC1. The zero-order valence-electron chi connectivity index (χ0n) is 8.45. The van der Waals surface area contributed by atoms with Gasteiger partial charge in [-0.2, -0.15) is 8.78 Å². The highest BCUT2D eigenvalue weighted by Gasteiger charge is 2.29. The number of alkyl halides is 2. The molecule has 2 rings (SSSR count). The van der Waals surface area contributed by atoms with Gasteiger partial charge in [0.2, 0.25) is 5.91 Å². The number of hydrogen-bond donors (Lipinski definition) is 1. The molecule has 1 amide bonds. The minimum Gasteiger partial charge on any atom is -0.326 e. The third kappa shape index (κ3) is 3.20. The van der Waals surface area contributed by atoms with Crippen LogP contribution in [0.2, 0.25) is 0 Å². The molecule has 0 unspecified atom stereocenters. The quantitative estimate of drug-likeness (QED) is 0.822. The third-order valence-corrected chi connectivity index (χ3v) is 3.02. The second-order valence-electron chi connectivity index (χ2n) is 3.67. The number of rotatable bonds is 4. The van der Waals surface area contributed by atoms with Gasteiger partial charge in [-0.1, -0.05) is 11.8 Å². The Labute approximate surface area is 96.4 Å². The Balaban J connectivity index is 1.93. The van der Waals surface area contributed by atoms with Gasteiger partial charge < -0.3 is 5.32 Å². The molecule has 1 aromatic carbocycles. The van der Waals surface area contributed by atoms with Crippen LogP contribution in [-0.2, 0) is 4.79 Å². The van der Waals surface area contributed by atoms with Gasteiger partial charge in [-0.15, -0.1) is 0 Å². The van der Waals surface area contributed by atoms with Crippen molar-refractivity contribution in [3.8, 4) is 0 Å². The van der Waals surface area contributed by atoms with Crippen molar-refractivity contribution in [1.82, 2.24) is 0 Å². The zero-order valence-corrected chi connectivity index (χ0v) is 9.27. The zero-order chi connectivity index (χ0) is 11.5. The summed E-state index contributed by atoms with van der Waals surface area (Å²) in [5, 5.41) is 2.75. The maximum Gasteiger partial charge on any atom is 0.288 e. The van der Waals surface area contributed by atoms with Gasteiger partial charge in [-0.25, -0.2) is 0 Å². The molecule has 0 bridgehead atoms. The molecule has 1 N–H and O–H groups in total. The lowest BCUT2D eigenvalue weighted by Crippen LogP contribution is -2.12. The molecular weight excluding hydrogens is 232 g/mol. The smallest absolute Gasteiger partial charge is 0.288 e. The number of carbonyl (C=O) groups excluding carboxylic acids is 1. The van der Waals surface area contributed by atoms with E-state index in [-0.39, 0.29) is 11.8 Å². The monoisotopic (exact) mass is 243 g/mol. The van der Waals surface area contributed by atoms with Gasteiger partial charge in [0.1, 0.15) is 0 Å². The molecule has 16 heavy (non-hydrogen) atoms. The summed E-state index contributed by atoms with van der Waals surface area (Å²) in [4.78, 5) is 11.9. The second-order valence-corrected chi connectivity index (χ2v) is 4.73. The van der Waals surface area contributed by atoms with Crippen molar-refractivity contribution in [2.75, 3.05) is 5.32 Å². The van der Waals surface area contributed by atoms with E-state index >= 15 is 0 Å². The molecular formula is C11H11F2NOS. The van der Waals surface area contributed by atoms with Crippen LogP contribution in [0.3, 0.4) is 0 Å². The summed E-state index contributed by atoms with van der Waals surface area (Å²) in [5.41, 5.74) is 0.663. The van der Waals surface area contributed by atoms with Gasteiger partial charge in [0.05, 0.1) is 0 Å². The van der Waals surface area contributed by atoms with Crippen LogP contribution in [0, 0.1) is 5.92 Å². The van der Waals surface area contributed by atoms with E-state index in [9.17, 15) is 13.6 Å². The Morgan fingerprint density at radius 3 is 2.44 bits per heavy atom. The molecule has 5 heteroatoms. The van der Waals surface area contributed by atoms with Gasteiger partial charge in [0, 0.05) is 16.5 Å². The fraction of sp³-hybridized carbons (Fsp3) is 0.364. The second kappa shape index (κ2) is 4.82. The average molecular weight is 243 g/mol. The summed E-state index contributed by atoms with van der Waals surface area (Å²) < 4.78 is 24.1. The van der Waals surface area contributed by atoms with E-state index in [0.717, 1.165) is 12.8 Å². The van der Waals surface area contributed by atoms with Crippen LogP contribution < -0.4 is 5.32 Å². The summed E-state index contributed by atoms with van der Waals surface area (Å²) in [5.74, 6) is -2.24. The molecule has 1 saturated carbocycles. The lowest BCUT2D eigenvalue weighted by Gasteiger charge is -2.05. The normalized spacial score (nSPS) is 15.2. The Bertz CT molecular complexity index is 376. The van der Waals surface area contributed by atoms with E-state index in [2.05, 4.69) is 5.32 Å². The third-order valence-electron chi connectivity index (χ3n) is 2.30. The van der Waals surface area contributed by atoms with Crippen LogP contribution in [0.4, 0.5) is 14.5 Å². The highest BCUT2D eigenvalue weighted by molar-refractivity contribution is 7.99. The van der Waals surface area contributed by atoms with Gasteiger partial charge in [-0.05, 0) is 37.1 Å². The minimum atomic E-state index is -2.41. The molecule has 2 nitrogen and oxygen atoms in total. The Hall–Kier alpha value is -1.10. The van der Waals surface area contributed by atoms with E-state index in [4.69, 9.17) is 0 Å². The molecule has 1 fully saturated rings. The molecule has 0 spiro atoms. The van der Waals surface area contributed by atoms with E-state index < -0.39 is 5.76 Å². The standard InChI is InChI=1S/C11H11F2NOS/c12-11(13)16-9-5-3-8(4-6-9)14-10(15)7-1-2-7/h3-7,11H,1-2H2,(H,14,15). The number of halogens is 2. The van der Waals surface area contributed by atoms with Crippen molar-refractivity contribution < 1.29 is 13.6 Å². The largest absolute Gasteiger partial charge is 0.326 e. The van der Waals surface area contributed by atoms with Crippen LogP contribution in [0.15, 0.2) is 29.2 Å². The first-order chi connectivity index (χ1) is 7.65. The Morgan fingerprint density at radius 1 is 1.31 bits per heavy atom. The summed E-state index contributed by atoms with van der Waals surface area (Å²) in [6, 6.07) is 6.45. The first-order valence-electron chi connectivity index (χ1n) is 5.01. The number of hydrogen-bond acceptors (Lipinski definition) is 2.